The first-order chi connectivity index (χ1) is 11.6. The zero-order valence-corrected chi connectivity index (χ0v) is 12.5. The Balaban J connectivity index is 1.42. The Labute approximate surface area is 135 Å². The number of carbonyl (C=O) groups is 1. The SMILES string of the molecule is O=C(OC[C@@H]1O[C@@H](n2ccc(=O)[nH]c2=O)[C@@H]2O[C@@H]21)c1ccccc1. The van der Waals surface area contributed by atoms with E-state index in [0.717, 1.165) is 0 Å². The normalized spacial score (nSPS) is 27.5. The second kappa shape index (κ2) is 5.73. The summed E-state index contributed by atoms with van der Waals surface area (Å²) in [4.78, 5) is 37.1. The maximum absolute atomic E-state index is 12.0. The number of aromatic nitrogens is 2. The van der Waals surface area contributed by atoms with Gasteiger partial charge in [0.15, 0.2) is 6.23 Å². The van der Waals surface area contributed by atoms with Gasteiger partial charge in [-0.3, -0.25) is 14.3 Å². The average molecular weight is 330 g/mol. The van der Waals surface area contributed by atoms with Gasteiger partial charge < -0.3 is 14.2 Å². The molecule has 124 valence electrons. The minimum Gasteiger partial charge on any atom is -0.459 e. The first-order valence-electron chi connectivity index (χ1n) is 7.48. The monoisotopic (exact) mass is 330 g/mol. The highest BCUT2D eigenvalue weighted by atomic mass is 16.7. The second-order valence-electron chi connectivity index (χ2n) is 5.61. The van der Waals surface area contributed by atoms with Gasteiger partial charge in [0.2, 0.25) is 0 Å². The fraction of sp³-hybridized carbons (Fsp3) is 0.312. The summed E-state index contributed by atoms with van der Waals surface area (Å²) >= 11 is 0. The number of nitrogens with one attached hydrogen (secondary N) is 1. The number of epoxide rings is 1. The summed E-state index contributed by atoms with van der Waals surface area (Å²) in [6.45, 7) is 0.0312. The van der Waals surface area contributed by atoms with Crippen LogP contribution in [0.2, 0.25) is 0 Å². The van der Waals surface area contributed by atoms with Crippen molar-refractivity contribution in [1.29, 1.82) is 0 Å². The summed E-state index contributed by atoms with van der Waals surface area (Å²) in [5.41, 5.74) is -0.586. The van der Waals surface area contributed by atoms with E-state index in [2.05, 4.69) is 4.98 Å². The molecule has 1 aromatic carbocycles. The van der Waals surface area contributed by atoms with Crippen molar-refractivity contribution in [2.24, 2.45) is 0 Å². The van der Waals surface area contributed by atoms with E-state index < -0.39 is 29.6 Å². The standard InChI is InChI=1S/C16H14N2O6/c19-11-6-7-18(16(21)17-11)14-13-12(24-13)10(23-14)8-22-15(20)9-4-2-1-3-5-9/h1-7,10,12-14H,8H2,(H,17,19,21)/t10-,12+,13+,14+/m0/s1. The Morgan fingerprint density at radius 3 is 2.67 bits per heavy atom. The van der Waals surface area contributed by atoms with Gasteiger partial charge in [0, 0.05) is 12.3 Å². The van der Waals surface area contributed by atoms with Crippen molar-refractivity contribution < 1.29 is 19.0 Å². The van der Waals surface area contributed by atoms with E-state index in [1.165, 1.54) is 16.8 Å². The van der Waals surface area contributed by atoms with E-state index in [0.29, 0.717) is 5.56 Å². The molecule has 8 heteroatoms. The lowest BCUT2D eigenvalue weighted by Crippen LogP contribution is -2.34. The van der Waals surface area contributed by atoms with Crippen molar-refractivity contribution in [1.82, 2.24) is 9.55 Å². The van der Waals surface area contributed by atoms with Crippen molar-refractivity contribution in [2.75, 3.05) is 6.61 Å². The van der Waals surface area contributed by atoms with Crippen molar-refractivity contribution in [3.05, 3.63) is 69.0 Å². The Kier molecular flexibility index (Phi) is 3.55. The number of nitrogens with zero attached hydrogens (tertiary/aromatic N) is 1. The lowest BCUT2D eigenvalue weighted by Gasteiger charge is -2.18. The highest BCUT2D eigenvalue weighted by molar-refractivity contribution is 5.89. The van der Waals surface area contributed by atoms with Crippen LogP contribution in [0.15, 0.2) is 52.2 Å². The molecule has 0 amide bonds. The van der Waals surface area contributed by atoms with Crippen LogP contribution in [0.5, 0.6) is 0 Å². The van der Waals surface area contributed by atoms with Gasteiger partial charge in [0.1, 0.15) is 24.9 Å². The number of ether oxygens (including phenoxy) is 3. The fourth-order valence-electron chi connectivity index (χ4n) is 2.80. The van der Waals surface area contributed by atoms with E-state index in [-0.39, 0.29) is 18.8 Å². The third-order valence-corrected chi connectivity index (χ3v) is 4.04. The van der Waals surface area contributed by atoms with Gasteiger partial charge in [-0.05, 0) is 12.1 Å². The summed E-state index contributed by atoms with van der Waals surface area (Å²) in [7, 11) is 0. The molecule has 8 nitrogen and oxygen atoms in total. The Morgan fingerprint density at radius 2 is 1.92 bits per heavy atom. The number of H-pyrrole nitrogens is 1. The van der Waals surface area contributed by atoms with E-state index in [1.54, 1.807) is 24.3 Å². The molecule has 4 rings (SSSR count). The average Bonchev–Trinajstić information content (AvgIpc) is 3.30. The van der Waals surface area contributed by atoms with Gasteiger partial charge in [-0.15, -0.1) is 0 Å². The van der Waals surface area contributed by atoms with Crippen LogP contribution in [-0.4, -0.2) is 40.4 Å². The molecule has 0 saturated carbocycles. The number of esters is 1. The molecule has 0 radical (unpaired) electrons. The van der Waals surface area contributed by atoms with Crippen molar-refractivity contribution in [3.63, 3.8) is 0 Å². The van der Waals surface area contributed by atoms with E-state index >= 15 is 0 Å². The quantitative estimate of drug-likeness (QED) is 0.628. The molecule has 1 N–H and O–H groups in total. The van der Waals surface area contributed by atoms with Crippen molar-refractivity contribution >= 4 is 5.97 Å². The molecular weight excluding hydrogens is 316 g/mol. The first-order valence-corrected chi connectivity index (χ1v) is 7.48. The first kappa shape index (κ1) is 14.9. The molecule has 0 spiro atoms. The number of aromatic amines is 1. The number of benzene rings is 1. The van der Waals surface area contributed by atoms with Crippen LogP contribution in [-0.2, 0) is 14.2 Å². The molecule has 0 unspecified atom stereocenters. The third-order valence-electron chi connectivity index (χ3n) is 4.04. The number of fused-ring (bicyclic) bond motifs is 1. The fourth-order valence-corrected chi connectivity index (χ4v) is 2.80. The molecule has 2 aliphatic heterocycles. The van der Waals surface area contributed by atoms with Gasteiger partial charge in [-0.25, -0.2) is 9.59 Å². The van der Waals surface area contributed by atoms with Gasteiger partial charge in [-0.2, -0.15) is 0 Å². The highest BCUT2D eigenvalue weighted by Crippen LogP contribution is 2.44. The summed E-state index contributed by atoms with van der Waals surface area (Å²) in [5.74, 6) is -0.443. The summed E-state index contributed by atoms with van der Waals surface area (Å²) in [6, 6.07) is 9.88. The second-order valence-corrected chi connectivity index (χ2v) is 5.61. The van der Waals surface area contributed by atoms with Gasteiger partial charge >= 0.3 is 11.7 Å². The maximum Gasteiger partial charge on any atom is 0.338 e. The van der Waals surface area contributed by atoms with Crippen LogP contribution in [0.4, 0.5) is 0 Å². The minimum atomic E-state index is -0.639. The maximum atomic E-state index is 12.0. The number of rotatable bonds is 4. The highest BCUT2D eigenvalue weighted by Gasteiger charge is 2.59. The number of carbonyl (C=O) groups excluding carboxylic acids is 1. The van der Waals surface area contributed by atoms with Crippen LogP contribution in [0, 0.1) is 0 Å². The van der Waals surface area contributed by atoms with Gasteiger partial charge in [0.05, 0.1) is 5.56 Å². The molecule has 2 saturated heterocycles. The zero-order valence-electron chi connectivity index (χ0n) is 12.5. The van der Waals surface area contributed by atoms with Crippen molar-refractivity contribution in [2.45, 2.75) is 24.5 Å². The molecule has 4 atom stereocenters. The minimum absolute atomic E-state index is 0.0312. The summed E-state index contributed by atoms with van der Waals surface area (Å²) in [5, 5.41) is 0. The molecule has 2 fully saturated rings. The molecule has 0 aliphatic carbocycles. The van der Waals surface area contributed by atoms with Crippen LogP contribution in [0.1, 0.15) is 16.6 Å². The zero-order chi connectivity index (χ0) is 16.7. The summed E-state index contributed by atoms with van der Waals surface area (Å²) in [6.07, 6.45) is -0.235. The van der Waals surface area contributed by atoms with E-state index in [1.807, 2.05) is 6.07 Å². The van der Waals surface area contributed by atoms with Crippen LogP contribution in [0.3, 0.4) is 0 Å². The third kappa shape index (κ3) is 2.66. The molecule has 24 heavy (non-hydrogen) atoms. The van der Waals surface area contributed by atoms with E-state index in [9.17, 15) is 14.4 Å². The van der Waals surface area contributed by atoms with Gasteiger partial charge in [0.25, 0.3) is 5.56 Å². The number of hydrogen-bond donors (Lipinski definition) is 1. The largest absolute Gasteiger partial charge is 0.459 e. The molecule has 2 aliphatic rings. The Bertz CT molecular complexity index is 874. The van der Waals surface area contributed by atoms with E-state index in [4.69, 9.17) is 14.2 Å². The topological polar surface area (TPSA) is 103 Å². The van der Waals surface area contributed by atoms with Crippen molar-refractivity contribution in [3.8, 4) is 0 Å². The van der Waals surface area contributed by atoms with Gasteiger partial charge in [-0.1, -0.05) is 18.2 Å². The molecular formula is C16H14N2O6. The lowest BCUT2D eigenvalue weighted by atomic mass is 10.2. The van der Waals surface area contributed by atoms with Crippen LogP contribution < -0.4 is 11.2 Å². The van der Waals surface area contributed by atoms with Crippen LogP contribution >= 0.6 is 0 Å². The number of hydrogen-bond acceptors (Lipinski definition) is 6. The van der Waals surface area contributed by atoms with Crippen LogP contribution in [0.25, 0.3) is 0 Å². The Morgan fingerprint density at radius 1 is 1.12 bits per heavy atom. The molecule has 3 heterocycles. The smallest absolute Gasteiger partial charge is 0.338 e. The molecule has 0 bridgehead atoms. The summed E-state index contributed by atoms with van der Waals surface area (Å²) < 4.78 is 17.8. The molecule has 2 aromatic rings. The Hall–Kier alpha value is -2.71. The predicted molar refractivity (Wildman–Crippen MR) is 80.6 cm³/mol. The molecule has 1 aromatic heterocycles. The lowest BCUT2D eigenvalue weighted by molar-refractivity contribution is -0.0887. The predicted octanol–water partition coefficient (Wildman–Crippen LogP) is 0.0584.